The minimum Gasteiger partial charge on any atom is -0.478 e. The second-order valence-electron chi connectivity index (χ2n) is 5.61. The summed E-state index contributed by atoms with van der Waals surface area (Å²) in [5, 5.41) is 4.02. The molecule has 5 heteroatoms. The molecule has 0 unspecified atom stereocenters. The van der Waals surface area contributed by atoms with Gasteiger partial charge in [0.15, 0.2) is 0 Å². The maximum atomic E-state index is 6.15. The van der Waals surface area contributed by atoms with Gasteiger partial charge in [-0.3, -0.25) is 0 Å². The topological polar surface area (TPSA) is 37.4 Å². The van der Waals surface area contributed by atoms with Crippen LogP contribution in [0.3, 0.4) is 0 Å². The van der Waals surface area contributed by atoms with Gasteiger partial charge in [0.1, 0.15) is 0 Å². The van der Waals surface area contributed by atoms with E-state index in [1.807, 2.05) is 12.1 Å². The molecule has 1 N–H and O–H groups in total. The maximum absolute atomic E-state index is 6.15. The molecule has 114 valence electrons. The van der Waals surface area contributed by atoms with Gasteiger partial charge < -0.3 is 15.0 Å². The molecule has 20 heavy (non-hydrogen) atoms. The Kier molecular flexibility index (Phi) is 7.88. The first-order valence-electron chi connectivity index (χ1n) is 7.12. The van der Waals surface area contributed by atoms with E-state index in [1.54, 1.807) is 0 Å². The summed E-state index contributed by atoms with van der Waals surface area (Å²) in [5.41, 5.74) is 0.845. The highest BCUT2D eigenvalue weighted by atomic mass is 35.5. The van der Waals surface area contributed by atoms with E-state index < -0.39 is 0 Å². The highest BCUT2D eigenvalue weighted by molar-refractivity contribution is 6.31. The third-order valence-electron chi connectivity index (χ3n) is 2.74. The third-order valence-corrected chi connectivity index (χ3v) is 3.08. The van der Waals surface area contributed by atoms with Gasteiger partial charge in [-0.2, -0.15) is 0 Å². The van der Waals surface area contributed by atoms with Gasteiger partial charge in [-0.05, 0) is 39.0 Å². The van der Waals surface area contributed by atoms with E-state index in [0.29, 0.717) is 30.0 Å². The Morgan fingerprint density at radius 3 is 2.75 bits per heavy atom. The molecule has 0 radical (unpaired) electrons. The predicted octanol–water partition coefficient (Wildman–Crippen LogP) is 2.81. The van der Waals surface area contributed by atoms with Crippen molar-refractivity contribution in [1.29, 1.82) is 0 Å². The molecule has 0 aliphatic rings. The highest BCUT2D eigenvalue weighted by Gasteiger charge is 2.05. The van der Waals surface area contributed by atoms with Crippen molar-refractivity contribution in [1.82, 2.24) is 15.2 Å². The molecule has 0 aliphatic heterocycles. The molecule has 0 amide bonds. The molecule has 0 aromatic carbocycles. The van der Waals surface area contributed by atoms with Crippen LogP contribution in [-0.2, 0) is 6.54 Å². The van der Waals surface area contributed by atoms with Gasteiger partial charge in [0.25, 0.3) is 0 Å². The summed E-state index contributed by atoms with van der Waals surface area (Å²) in [7, 11) is 4.11. The third kappa shape index (κ3) is 7.08. The SMILES string of the molecule is CC(C)CNCc1nc(OCCCN(C)C)ccc1Cl. The molecule has 1 aromatic heterocycles. The van der Waals surface area contributed by atoms with Crippen LogP contribution < -0.4 is 10.1 Å². The Morgan fingerprint density at radius 1 is 1.35 bits per heavy atom. The highest BCUT2D eigenvalue weighted by Crippen LogP contribution is 2.18. The van der Waals surface area contributed by atoms with E-state index in [-0.39, 0.29) is 0 Å². The summed E-state index contributed by atoms with van der Waals surface area (Å²) in [5.74, 6) is 1.26. The van der Waals surface area contributed by atoms with Gasteiger partial charge in [-0.1, -0.05) is 25.4 Å². The Bertz CT molecular complexity index is 397. The minimum absolute atomic E-state index is 0.610. The Balaban J connectivity index is 2.44. The first-order valence-corrected chi connectivity index (χ1v) is 7.50. The van der Waals surface area contributed by atoms with Gasteiger partial charge in [0.05, 0.1) is 17.3 Å². The predicted molar refractivity (Wildman–Crippen MR) is 84.5 cm³/mol. The van der Waals surface area contributed by atoms with Crippen molar-refractivity contribution < 1.29 is 4.74 Å². The Labute approximate surface area is 127 Å². The number of hydrogen-bond acceptors (Lipinski definition) is 4. The van der Waals surface area contributed by atoms with Crippen LogP contribution in [0.25, 0.3) is 0 Å². The lowest BCUT2D eigenvalue weighted by Crippen LogP contribution is -2.20. The van der Waals surface area contributed by atoms with E-state index in [2.05, 4.69) is 43.1 Å². The number of rotatable bonds is 9. The average Bonchev–Trinajstić information content (AvgIpc) is 2.37. The fraction of sp³-hybridized carbons (Fsp3) is 0.667. The number of nitrogens with zero attached hydrogens (tertiary/aromatic N) is 2. The maximum Gasteiger partial charge on any atom is 0.213 e. The zero-order valence-corrected chi connectivity index (χ0v) is 13.7. The number of halogens is 1. The normalized spacial score (nSPS) is 11.3. The second kappa shape index (κ2) is 9.16. The summed E-state index contributed by atoms with van der Waals surface area (Å²) in [6, 6.07) is 3.67. The standard InChI is InChI=1S/C15H26ClN3O/c1-12(2)10-17-11-14-13(16)6-7-15(18-14)20-9-5-8-19(3)4/h6-7,12,17H,5,8-11H2,1-4H3. The van der Waals surface area contributed by atoms with E-state index in [1.165, 1.54) is 0 Å². The molecular weight excluding hydrogens is 274 g/mol. The zero-order chi connectivity index (χ0) is 15.0. The van der Waals surface area contributed by atoms with Crippen LogP contribution >= 0.6 is 11.6 Å². The molecular formula is C15H26ClN3O. The number of pyridine rings is 1. The van der Waals surface area contributed by atoms with Crippen molar-refractivity contribution in [3.8, 4) is 5.88 Å². The van der Waals surface area contributed by atoms with Gasteiger partial charge in [-0.25, -0.2) is 4.98 Å². The summed E-state index contributed by atoms with van der Waals surface area (Å²) >= 11 is 6.15. The summed E-state index contributed by atoms with van der Waals surface area (Å²) in [4.78, 5) is 6.59. The molecule has 0 spiro atoms. The lowest BCUT2D eigenvalue weighted by atomic mass is 10.2. The van der Waals surface area contributed by atoms with Gasteiger partial charge in [0, 0.05) is 19.2 Å². The van der Waals surface area contributed by atoms with Crippen molar-refractivity contribution >= 4 is 11.6 Å². The molecule has 1 aromatic rings. The number of ether oxygens (including phenoxy) is 1. The summed E-state index contributed by atoms with van der Waals surface area (Å²) in [6.45, 7) is 7.65. The van der Waals surface area contributed by atoms with Crippen molar-refractivity contribution in [3.63, 3.8) is 0 Å². The molecule has 1 heterocycles. The van der Waals surface area contributed by atoms with Gasteiger partial charge in [0.2, 0.25) is 5.88 Å². The van der Waals surface area contributed by atoms with Crippen LogP contribution in [0.4, 0.5) is 0 Å². The van der Waals surface area contributed by atoms with E-state index in [0.717, 1.165) is 25.2 Å². The molecule has 0 aliphatic carbocycles. The Morgan fingerprint density at radius 2 is 2.10 bits per heavy atom. The quantitative estimate of drug-likeness (QED) is 0.712. The average molecular weight is 300 g/mol. The largest absolute Gasteiger partial charge is 0.478 e. The van der Waals surface area contributed by atoms with Crippen molar-refractivity contribution in [3.05, 3.63) is 22.8 Å². The van der Waals surface area contributed by atoms with Crippen LogP contribution in [0, 0.1) is 5.92 Å². The molecule has 0 bridgehead atoms. The van der Waals surface area contributed by atoms with Crippen LogP contribution in [0.2, 0.25) is 5.02 Å². The lowest BCUT2D eigenvalue weighted by molar-refractivity contribution is 0.272. The number of nitrogens with one attached hydrogen (secondary N) is 1. The van der Waals surface area contributed by atoms with E-state index >= 15 is 0 Å². The Hall–Kier alpha value is -0.840. The van der Waals surface area contributed by atoms with Crippen molar-refractivity contribution in [2.24, 2.45) is 5.92 Å². The fourth-order valence-electron chi connectivity index (χ4n) is 1.71. The molecule has 0 fully saturated rings. The summed E-state index contributed by atoms with van der Waals surface area (Å²) in [6.07, 6.45) is 0.984. The van der Waals surface area contributed by atoms with E-state index in [9.17, 15) is 0 Å². The number of hydrogen-bond donors (Lipinski definition) is 1. The van der Waals surface area contributed by atoms with Gasteiger partial charge in [-0.15, -0.1) is 0 Å². The van der Waals surface area contributed by atoms with Crippen LogP contribution in [0.1, 0.15) is 26.0 Å². The summed E-state index contributed by atoms with van der Waals surface area (Å²) < 4.78 is 5.66. The molecule has 1 rings (SSSR count). The zero-order valence-electron chi connectivity index (χ0n) is 12.9. The molecule has 0 saturated heterocycles. The fourth-order valence-corrected chi connectivity index (χ4v) is 1.88. The van der Waals surface area contributed by atoms with Crippen molar-refractivity contribution in [2.45, 2.75) is 26.8 Å². The van der Waals surface area contributed by atoms with E-state index in [4.69, 9.17) is 16.3 Å². The molecule has 0 atom stereocenters. The smallest absolute Gasteiger partial charge is 0.213 e. The van der Waals surface area contributed by atoms with Crippen LogP contribution in [-0.4, -0.2) is 43.7 Å². The van der Waals surface area contributed by atoms with Crippen LogP contribution in [0.15, 0.2) is 12.1 Å². The first kappa shape index (κ1) is 17.2. The monoisotopic (exact) mass is 299 g/mol. The number of aromatic nitrogens is 1. The lowest BCUT2D eigenvalue weighted by Gasteiger charge is -2.12. The first-order chi connectivity index (χ1) is 9.49. The van der Waals surface area contributed by atoms with Crippen molar-refractivity contribution in [2.75, 3.05) is 33.8 Å². The van der Waals surface area contributed by atoms with Gasteiger partial charge >= 0.3 is 0 Å². The molecule has 4 nitrogen and oxygen atoms in total. The minimum atomic E-state index is 0.610. The van der Waals surface area contributed by atoms with Crippen LogP contribution in [0.5, 0.6) is 5.88 Å². The molecule has 0 saturated carbocycles. The second-order valence-corrected chi connectivity index (χ2v) is 6.02.